The third-order valence-corrected chi connectivity index (χ3v) is 5.18. The number of rotatable bonds is 8. The zero-order valence-electron chi connectivity index (χ0n) is 20.0. The standard InChI is InChI=1S/C26H26N2O7/c1-6-7-18-11-17(13-21(33-4)23(18)35-14-22(29)34-5)12-20-24(30)27-26(32)28(25(20)31)19-9-15(2)8-16(3)10-19/h6,8-13H,1,7,14H2,2-5H3,(H,27,30,32)/b20-12+. The molecule has 0 aliphatic carbocycles. The molecule has 1 aliphatic rings. The minimum absolute atomic E-state index is 0.224. The molecule has 0 radical (unpaired) electrons. The molecule has 35 heavy (non-hydrogen) atoms. The van der Waals surface area contributed by atoms with Gasteiger partial charge in [-0.25, -0.2) is 14.5 Å². The number of urea groups is 1. The van der Waals surface area contributed by atoms with E-state index in [1.165, 1.54) is 20.3 Å². The van der Waals surface area contributed by atoms with Crippen LogP contribution in [-0.4, -0.2) is 44.6 Å². The molecule has 0 atom stereocenters. The first-order valence-electron chi connectivity index (χ1n) is 10.7. The highest BCUT2D eigenvalue weighted by molar-refractivity contribution is 6.39. The number of barbiturate groups is 1. The highest BCUT2D eigenvalue weighted by Crippen LogP contribution is 2.35. The molecule has 0 unspecified atom stereocenters. The summed E-state index contributed by atoms with van der Waals surface area (Å²) in [6.07, 6.45) is 3.37. The molecule has 1 N–H and O–H groups in total. The summed E-state index contributed by atoms with van der Waals surface area (Å²) in [6.45, 7) is 7.10. The maximum Gasteiger partial charge on any atom is 0.343 e. The van der Waals surface area contributed by atoms with Crippen LogP contribution in [0.15, 0.2) is 48.6 Å². The molecule has 3 rings (SSSR count). The minimum Gasteiger partial charge on any atom is -0.493 e. The van der Waals surface area contributed by atoms with Gasteiger partial charge in [-0.15, -0.1) is 6.58 Å². The summed E-state index contributed by atoms with van der Waals surface area (Å²) >= 11 is 0. The number of ether oxygens (including phenoxy) is 3. The normalized spacial score (nSPS) is 14.6. The molecule has 1 aliphatic heterocycles. The van der Waals surface area contributed by atoms with Crippen LogP contribution in [0.1, 0.15) is 22.3 Å². The number of aryl methyl sites for hydroxylation is 2. The Kier molecular flexibility index (Phi) is 7.70. The fourth-order valence-corrected chi connectivity index (χ4v) is 3.72. The van der Waals surface area contributed by atoms with Gasteiger partial charge in [0, 0.05) is 5.56 Å². The van der Waals surface area contributed by atoms with Gasteiger partial charge in [0.2, 0.25) is 0 Å². The van der Waals surface area contributed by atoms with E-state index in [1.807, 2.05) is 19.9 Å². The van der Waals surface area contributed by atoms with Gasteiger partial charge in [0.15, 0.2) is 18.1 Å². The second-order valence-corrected chi connectivity index (χ2v) is 7.87. The van der Waals surface area contributed by atoms with Crippen molar-refractivity contribution in [1.29, 1.82) is 0 Å². The van der Waals surface area contributed by atoms with Crippen molar-refractivity contribution in [1.82, 2.24) is 5.32 Å². The molecule has 1 saturated heterocycles. The Hall–Kier alpha value is -4.40. The summed E-state index contributed by atoms with van der Waals surface area (Å²) in [5, 5.41) is 2.22. The van der Waals surface area contributed by atoms with E-state index in [2.05, 4.69) is 16.6 Å². The molecule has 0 spiro atoms. The van der Waals surface area contributed by atoms with E-state index in [4.69, 9.17) is 9.47 Å². The number of carbonyl (C=O) groups excluding carboxylic acids is 4. The predicted octanol–water partition coefficient (Wildman–Crippen LogP) is 3.26. The zero-order chi connectivity index (χ0) is 25.7. The highest BCUT2D eigenvalue weighted by atomic mass is 16.6. The summed E-state index contributed by atoms with van der Waals surface area (Å²) < 4.78 is 15.6. The summed E-state index contributed by atoms with van der Waals surface area (Å²) in [7, 11) is 2.68. The number of methoxy groups -OCH3 is 2. The van der Waals surface area contributed by atoms with Crippen molar-refractivity contribution in [3.05, 3.63) is 70.8 Å². The maximum atomic E-state index is 13.3. The van der Waals surface area contributed by atoms with E-state index in [0.717, 1.165) is 16.0 Å². The molecule has 0 aromatic heterocycles. The van der Waals surface area contributed by atoms with Crippen molar-refractivity contribution < 1.29 is 33.4 Å². The Morgan fingerprint density at radius 1 is 1.06 bits per heavy atom. The average Bonchev–Trinajstić information content (AvgIpc) is 2.80. The van der Waals surface area contributed by atoms with E-state index < -0.39 is 23.8 Å². The van der Waals surface area contributed by atoms with Crippen LogP contribution < -0.4 is 19.7 Å². The van der Waals surface area contributed by atoms with Crippen LogP contribution in [0, 0.1) is 13.8 Å². The lowest BCUT2D eigenvalue weighted by Crippen LogP contribution is -2.54. The molecule has 0 bridgehead atoms. The number of esters is 1. The van der Waals surface area contributed by atoms with Crippen molar-refractivity contribution in [2.45, 2.75) is 20.3 Å². The van der Waals surface area contributed by atoms with Gasteiger partial charge >= 0.3 is 12.0 Å². The molecule has 0 saturated carbocycles. The molecular weight excluding hydrogens is 452 g/mol. The fourth-order valence-electron chi connectivity index (χ4n) is 3.72. The van der Waals surface area contributed by atoms with Crippen molar-refractivity contribution in [2.75, 3.05) is 25.7 Å². The Morgan fingerprint density at radius 3 is 2.34 bits per heavy atom. The lowest BCUT2D eigenvalue weighted by atomic mass is 10.0. The van der Waals surface area contributed by atoms with Gasteiger partial charge in [-0.1, -0.05) is 12.1 Å². The molecule has 9 heteroatoms. The number of nitrogens with zero attached hydrogens (tertiary/aromatic N) is 1. The van der Waals surface area contributed by atoms with Gasteiger partial charge in [-0.05, 0) is 67.3 Å². The number of benzene rings is 2. The third-order valence-electron chi connectivity index (χ3n) is 5.18. The van der Waals surface area contributed by atoms with Crippen LogP contribution in [-0.2, 0) is 25.5 Å². The van der Waals surface area contributed by atoms with E-state index in [1.54, 1.807) is 30.3 Å². The van der Waals surface area contributed by atoms with E-state index in [-0.39, 0.29) is 17.9 Å². The largest absolute Gasteiger partial charge is 0.493 e. The number of anilines is 1. The Labute approximate surface area is 203 Å². The molecule has 1 heterocycles. The highest BCUT2D eigenvalue weighted by Gasteiger charge is 2.37. The quantitative estimate of drug-likeness (QED) is 0.268. The van der Waals surface area contributed by atoms with Gasteiger partial charge in [-0.3, -0.25) is 14.9 Å². The third kappa shape index (κ3) is 5.57. The number of hydrogen-bond donors (Lipinski definition) is 1. The van der Waals surface area contributed by atoms with Crippen LogP contribution in [0.3, 0.4) is 0 Å². The van der Waals surface area contributed by atoms with E-state index in [0.29, 0.717) is 29.0 Å². The number of nitrogens with one attached hydrogen (secondary N) is 1. The lowest BCUT2D eigenvalue weighted by Gasteiger charge is -2.27. The van der Waals surface area contributed by atoms with Crippen LogP contribution in [0.5, 0.6) is 11.5 Å². The predicted molar refractivity (Wildman–Crippen MR) is 129 cm³/mol. The molecule has 9 nitrogen and oxygen atoms in total. The summed E-state index contributed by atoms with van der Waals surface area (Å²) in [5.41, 5.74) is 2.94. The monoisotopic (exact) mass is 478 g/mol. The Morgan fingerprint density at radius 2 is 1.74 bits per heavy atom. The average molecular weight is 479 g/mol. The fraction of sp³-hybridized carbons (Fsp3) is 0.231. The first kappa shape index (κ1) is 25.2. The topological polar surface area (TPSA) is 111 Å². The lowest BCUT2D eigenvalue weighted by molar-refractivity contribution is -0.143. The minimum atomic E-state index is -0.821. The molecule has 1 fully saturated rings. The number of allylic oxidation sites excluding steroid dienone is 1. The summed E-state index contributed by atoms with van der Waals surface area (Å²) in [6, 6.07) is 7.72. The van der Waals surface area contributed by atoms with Crippen molar-refractivity contribution >= 4 is 35.6 Å². The second kappa shape index (κ2) is 10.7. The van der Waals surface area contributed by atoms with Gasteiger partial charge in [-0.2, -0.15) is 0 Å². The van der Waals surface area contributed by atoms with Gasteiger partial charge in [0.05, 0.1) is 19.9 Å². The molecular formula is C26H26N2O7. The van der Waals surface area contributed by atoms with Crippen molar-refractivity contribution in [3.8, 4) is 11.5 Å². The Bertz CT molecular complexity index is 1230. The molecule has 2 aromatic rings. The molecule has 182 valence electrons. The summed E-state index contributed by atoms with van der Waals surface area (Å²) in [5.74, 6) is -1.53. The number of carbonyl (C=O) groups is 4. The SMILES string of the molecule is C=CCc1cc(/C=C2\C(=O)NC(=O)N(c3cc(C)cc(C)c3)C2=O)cc(OC)c1OCC(=O)OC. The zero-order valence-corrected chi connectivity index (χ0v) is 20.0. The number of hydrogen-bond acceptors (Lipinski definition) is 7. The van der Waals surface area contributed by atoms with Crippen LogP contribution >= 0.6 is 0 Å². The van der Waals surface area contributed by atoms with Crippen molar-refractivity contribution in [3.63, 3.8) is 0 Å². The molecule has 2 aromatic carbocycles. The summed E-state index contributed by atoms with van der Waals surface area (Å²) in [4.78, 5) is 50.9. The maximum absolute atomic E-state index is 13.3. The van der Waals surface area contributed by atoms with Crippen LogP contribution in [0.4, 0.5) is 10.5 Å². The second-order valence-electron chi connectivity index (χ2n) is 7.87. The first-order chi connectivity index (χ1) is 16.7. The van der Waals surface area contributed by atoms with Crippen LogP contribution in [0.25, 0.3) is 6.08 Å². The van der Waals surface area contributed by atoms with Gasteiger partial charge in [0.25, 0.3) is 11.8 Å². The molecule has 4 amide bonds. The van der Waals surface area contributed by atoms with E-state index >= 15 is 0 Å². The Balaban J connectivity index is 2.05. The van der Waals surface area contributed by atoms with Gasteiger partial charge < -0.3 is 14.2 Å². The van der Waals surface area contributed by atoms with Gasteiger partial charge in [0.1, 0.15) is 5.57 Å². The smallest absolute Gasteiger partial charge is 0.343 e. The van der Waals surface area contributed by atoms with Crippen molar-refractivity contribution in [2.24, 2.45) is 0 Å². The number of amides is 4. The first-order valence-corrected chi connectivity index (χ1v) is 10.7. The van der Waals surface area contributed by atoms with E-state index in [9.17, 15) is 19.2 Å². The number of imide groups is 2. The van der Waals surface area contributed by atoms with Crippen LogP contribution in [0.2, 0.25) is 0 Å².